The predicted molar refractivity (Wildman–Crippen MR) is 112 cm³/mol. The number of aromatic nitrogens is 1. The normalized spacial score (nSPS) is 11.4. The first-order chi connectivity index (χ1) is 14.2. The highest BCUT2D eigenvalue weighted by molar-refractivity contribution is 7.92. The van der Waals surface area contributed by atoms with Crippen LogP contribution in [0.3, 0.4) is 0 Å². The Morgan fingerprint density at radius 1 is 1.10 bits per heavy atom. The van der Waals surface area contributed by atoms with E-state index in [0.717, 1.165) is 10.6 Å². The summed E-state index contributed by atoms with van der Waals surface area (Å²) in [6.45, 7) is -0.0609. The zero-order chi connectivity index (χ0) is 21.9. The quantitative estimate of drug-likeness (QED) is 0.534. The molecular formula is C21H21FN2O5S. The van der Waals surface area contributed by atoms with Crippen LogP contribution in [0, 0.1) is 5.82 Å². The lowest BCUT2D eigenvalue weighted by molar-refractivity contribution is 0.0603. The van der Waals surface area contributed by atoms with Crippen molar-refractivity contribution >= 4 is 38.5 Å². The van der Waals surface area contributed by atoms with Gasteiger partial charge in [0.25, 0.3) is 0 Å². The molecule has 7 nitrogen and oxygen atoms in total. The number of para-hydroxylation sites is 2. The molecule has 30 heavy (non-hydrogen) atoms. The van der Waals surface area contributed by atoms with Crippen molar-refractivity contribution < 1.29 is 27.1 Å². The van der Waals surface area contributed by atoms with E-state index >= 15 is 0 Å². The Hall–Kier alpha value is -3.20. The Morgan fingerprint density at radius 2 is 1.77 bits per heavy atom. The molecule has 9 heteroatoms. The Labute approximate surface area is 173 Å². The van der Waals surface area contributed by atoms with Crippen LogP contribution in [0.5, 0.6) is 0 Å². The zero-order valence-corrected chi connectivity index (χ0v) is 17.4. The Kier molecular flexibility index (Phi) is 6.21. The molecule has 1 heterocycles. The van der Waals surface area contributed by atoms with Gasteiger partial charge in [-0.2, -0.15) is 0 Å². The Bertz CT molecular complexity index is 1200. The number of fused-ring (bicyclic) bond motifs is 1. The molecule has 0 aliphatic carbocycles. The average Bonchev–Trinajstić information content (AvgIpc) is 3.10. The van der Waals surface area contributed by atoms with Gasteiger partial charge in [0.1, 0.15) is 5.82 Å². The van der Waals surface area contributed by atoms with Gasteiger partial charge in [0.15, 0.2) is 0 Å². The Morgan fingerprint density at radius 3 is 2.43 bits per heavy atom. The molecule has 0 saturated heterocycles. The van der Waals surface area contributed by atoms with Gasteiger partial charge in [-0.3, -0.25) is 13.7 Å². The molecule has 0 saturated carbocycles. The summed E-state index contributed by atoms with van der Waals surface area (Å²) < 4.78 is 45.4. The number of halogens is 1. The van der Waals surface area contributed by atoms with E-state index < -0.39 is 21.8 Å². The molecular weight excluding hydrogens is 411 g/mol. The van der Waals surface area contributed by atoms with E-state index in [4.69, 9.17) is 4.74 Å². The fourth-order valence-electron chi connectivity index (χ4n) is 3.27. The number of rotatable bonds is 7. The molecule has 0 atom stereocenters. The molecule has 0 N–H and O–H groups in total. The van der Waals surface area contributed by atoms with Crippen molar-refractivity contribution in [3.05, 3.63) is 66.1 Å². The SMILES string of the molecule is COC(=O)c1cn(C(=O)CCCN(c2ccccc2F)S(C)(=O)=O)c2ccccc12. The molecule has 0 spiro atoms. The number of nitrogens with zero attached hydrogens (tertiary/aromatic N) is 2. The lowest BCUT2D eigenvalue weighted by atomic mass is 10.2. The molecule has 3 aromatic rings. The number of hydrogen-bond donors (Lipinski definition) is 0. The largest absolute Gasteiger partial charge is 0.465 e. The maximum atomic E-state index is 14.1. The summed E-state index contributed by atoms with van der Waals surface area (Å²) in [5.74, 6) is -1.53. The van der Waals surface area contributed by atoms with Gasteiger partial charge in [-0.25, -0.2) is 17.6 Å². The third kappa shape index (κ3) is 4.35. The second-order valence-corrected chi connectivity index (χ2v) is 8.61. The summed E-state index contributed by atoms with van der Waals surface area (Å²) in [5, 5.41) is 0.585. The van der Waals surface area contributed by atoms with Crippen LogP contribution < -0.4 is 4.31 Å². The van der Waals surface area contributed by atoms with Gasteiger partial charge in [-0.15, -0.1) is 0 Å². The third-order valence-corrected chi connectivity index (χ3v) is 5.84. The molecule has 158 valence electrons. The van der Waals surface area contributed by atoms with Gasteiger partial charge >= 0.3 is 5.97 Å². The van der Waals surface area contributed by atoms with Crippen LogP contribution in [0.2, 0.25) is 0 Å². The zero-order valence-electron chi connectivity index (χ0n) is 16.5. The predicted octanol–water partition coefficient (Wildman–Crippen LogP) is 3.45. The molecule has 0 radical (unpaired) electrons. The van der Waals surface area contributed by atoms with Crippen LogP contribution >= 0.6 is 0 Å². The number of sulfonamides is 1. The summed E-state index contributed by atoms with van der Waals surface area (Å²) in [6, 6.07) is 12.5. The smallest absolute Gasteiger partial charge is 0.340 e. The van der Waals surface area contributed by atoms with Gasteiger partial charge in [0, 0.05) is 24.5 Å². The Balaban J connectivity index is 1.80. The van der Waals surface area contributed by atoms with E-state index in [1.165, 1.54) is 36.1 Å². The van der Waals surface area contributed by atoms with Gasteiger partial charge in [-0.1, -0.05) is 30.3 Å². The number of benzene rings is 2. The fourth-order valence-corrected chi connectivity index (χ4v) is 4.24. The molecule has 2 aromatic carbocycles. The van der Waals surface area contributed by atoms with Crippen molar-refractivity contribution in [1.29, 1.82) is 0 Å². The molecule has 0 amide bonds. The second kappa shape index (κ2) is 8.66. The van der Waals surface area contributed by atoms with Gasteiger partial charge < -0.3 is 4.74 Å². The summed E-state index contributed by atoms with van der Waals surface area (Å²) in [4.78, 5) is 24.8. The van der Waals surface area contributed by atoms with Crippen LogP contribution in [0.1, 0.15) is 28.0 Å². The summed E-state index contributed by atoms with van der Waals surface area (Å²) in [6.07, 6.45) is 2.58. The van der Waals surface area contributed by atoms with Crippen molar-refractivity contribution in [2.24, 2.45) is 0 Å². The second-order valence-electron chi connectivity index (χ2n) is 6.71. The lowest BCUT2D eigenvalue weighted by Gasteiger charge is -2.22. The van der Waals surface area contributed by atoms with E-state index in [2.05, 4.69) is 0 Å². The lowest BCUT2D eigenvalue weighted by Crippen LogP contribution is -2.32. The third-order valence-electron chi connectivity index (χ3n) is 4.66. The number of methoxy groups -OCH3 is 1. The molecule has 1 aromatic heterocycles. The molecule has 0 bridgehead atoms. The first-order valence-electron chi connectivity index (χ1n) is 9.18. The van der Waals surface area contributed by atoms with Crippen molar-refractivity contribution in [1.82, 2.24) is 4.57 Å². The van der Waals surface area contributed by atoms with Crippen LogP contribution in [-0.2, 0) is 14.8 Å². The monoisotopic (exact) mass is 432 g/mol. The topological polar surface area (TPSA) is 85.7 Å². The van der Waals surface area contributed by atoms with E-state index in [1.54, 1.807) is 30.3 Å². The number of hydrogen-bond acceptors (Lipinski definition) is 5. The average molecular weight is 432 g/mol. The number of esters is 1. The van der Waals surface area contributed by atoms with Crippen molar-refractivity contribution in [2.45, 2.75) is 12.8 Å². The summed E-state index contributed by atoms with van der Waals surface area (Å²) in [7, 11) is -2.47. The number of ether oxygens (including phenoxy) is 1. The van der Waals surface area contributed by atoms with Crippen LogP contribution in [0.4, 0.5) is 10.1 Å². The fraction of sp³-hybridized carbons (Fsp3) is 0.238. The highest BCUT2D eigenvalue weighted by Crippen LogP contribution is 2.24. The van der Waals surface area contributed by atoms with Crippen molar-refractivity contribution in [3.8, 4) is 0 Å². The standard InChI is InChI=1S/C21H21FN2O5S/c1-29-21(26)16-14-23(18-10-5-3-8-15(16)18)20(25)12-7-13-24(30(2,27)28)19-11-6-4-9-17(19)22/h3-6,8-11,14H,7,12-13H2,1-2H3. The van der Waals surface area contributed by atoms with E-state index in [0.29, 0.717) is 10.9 Å². The molecule has 3 rings (SSSR count). The molecule has 0 aliphatic rings. The molecule has 0 fully saturated rings. The number of anilines is 1. The maximum absolute atomic E-state index is 14.1. The van der Waals surface area contributed by atoms with E-state index in [1.807, 2.05) is 0 Å². The number of carbonyl (C=O) groups excluding carboxylic acids is 2. The van der Waals surface area contributed by atoms with Gasteiger partial charge in [-0.05, 0) is 24.6 Å². The van der Waals surface area contributed by atoms with Crippen LogP contribution in [-0.4, -0.2) is 44.8 Å². The van der Waals surface area contributed by atoms with Gasteiger partial charge in [0.2, 0.25) is 15.9 Å². The van der Waals surface area contributed by atoms with E-state index in [-0.39, 0.29) is 36.5 Å². The summed E-state index contributed by atoms with van der Waals surface area (Å²) >= 11 is 0. The van der Waals surface area contributed by atoms with Crippen molar-refractivity contribution in [3.63, 3.8) is 0 Å². The molecule has 0 aliphatic heterocycles. The highest BCUT2D eigenvalue weighted by Gasteiger charge is 2.22. The van der Waals surface area contributed by atoms with Crippen LogP contribution in [0.25, 0.3) is 10.9 Å². The molecule has 0 unspecified atom stereocenters. The summed E-state index contributed by atoms with van der Waals surface area (Å²) in [5.41, 5.74) is 0.759. The minimum absolute atomic E-state index is 0.000239. The van der Waals surface area contributed by atoms with E-state index in [9.17, 15) is 22.4 Å². The minimum atomic E-state index is -3.73. The minimum Gasteiger partial charge on any atom is -0.465 e. The van der Waals surface area contributed by atoms with Crippen LogP contribution in [0.15, 0.2) is 54.7 Å². The number of carbonyl (C=O) groups is 2. The van der Waals surface area contributed by atoms with Crippen molar-refractivity contribution in [2.75, 3.05) is 24.2 Å². The highest BCUT2D eigenvalue weighted by atomic mass is 32.2. The first kappa shape index (κ1) is 21.5. The first-order valence-corrected chi connectivity index (χ1v) is 11.0. The van der Waals surface area contributed by atoms with Gasteiger partial charge in [0.05, 0.1) is 30.1 Å². The maximum Gasteiger partial charge on any atom is 0.340 e.